The number of hydrogen-bond donors (Lipinski definition) is 0. The number of alkyl halides is 7. The Morgan fingerprint density at radius 1 is 0.850 bits per heavy atom. The van der Waals surface area contributed by atoms with Gasteiger partial charge in [0.05, 0.1) is 0 Å². The van der Waals surface area contributed by atoms with E-state index in [9.17, 15) is 35.3 Å². The van der Waals surface area contributed by atoms with E-state index in [2.05, 4.69) is 0 Å². The van der Waals surface area contributed by atoms with Crippen molar-refractivity contribution in [3.63, 3.8) is 0 Å². The quantitative estimate of drug-likeness (QED) is 0.606. The third-order valence-electron chi connectivity index (χ3n) is 2.54. The fourth-order valence-corrected chi connectivity index (χ4v) is 2.53. The maximum Gasteiger partial charge on any atom is 0.431 e. The minimum absolute atomic E-state index is 0.0409. The van der Waals surface area contributed by atoms with Crippen LogP contribution in [-0.4, -0.2) is 28.3 Å². The SMILES string of the molecule is [O-][S+](CCC(F)(C(F)(F)F)C(F)(F)F)c1ccccc1. The molecule has 9 heteroatoms. The molecule has 1 aromatic carbocycles. The van der Waals surface area contributed by atoms with E-state index >= 15 is 0 Å². The Morgan fingerprint density at radius 3 is 1.70 bits per heavy atom. The van der Waals surface area contributed by atoms with Crippen molar-refractivity contribution in [1.29, 1.82) is 0 Å². The number of benzene rings is 1. The molecule has 0 saturated carbocycles. The van der Waals surface area contributed by atoms with Gasteiger partial charge in [-0.1, -0.05) is 18.2 Å². The fourth-order valence-electron chi connectivity index (χ4n) is 1.37. The molecule has 0 fully saturated rings. The minimum Gasteiger partial charge on any atom is -0.611 e. The van der Waals surface area contributed by atoms with Crippen LogP contribution in [0.4, 0.5) is 30.7 Å². The molecule has 0 N–H and O–H groups in total. The lowest BCUT2D eigenvalue weighted by Crippen LogP contribution is -2.54. The third-order valence-corrected chi connectivity index (χ3v) is 3.91. The molecule has 1 unspecified atom stereocenters. The smallest absolute Gasteiger partial charge is 0.431 e. The highest BCUT2D eigenvalue weighted by atomic mass is 32.2. The van der Waals surface area contributed by atoms with Crippen molar-refractivity contribution in [3.8, 4) is 0 Å². The van der Waals surface area contributed by atoms with Gasteiger partial charge in [0.25, 0.3) is 0 Å². The van der Waals surface area contributed by atoms with E-state index in [0.29, 0.717) is 0 Å². The van der Waals surface area contributed by atoms with Gasteiger partial charge < -0.3 is 4.55 Å². The van der Waals surface area contributed by atoms with E-state index in [1.807, 2.05) is 0 Å². The van der Waals surface area contributed by atoms with Crippen LogP contribution < -0.4 is 0 Å². The molecule has 0 amide bonds. The van der Waals surface area contributed by atoms with Crippen molar-refractivity contribution in [2.75, 3.05) is 5.75 Å². The first-order chi connectivity index (χ1) is 8.99. The predicted octanol–water partition coefficient (Wildman–Crippen LogP) is 4.02. The van der Waals surface area contributed by atoms with E-state index in [4.69, 9.17) is 0 Å². The van der Waals surface area contributed by atoms with Gasteiger partial charge in [-0.05, 0) is 23.3 Å². The molecular weight excluding hydrogens is 313 g/mol. The van der Waals surface area contributed by atoms with Crippen LogP contribution in [0.1, 0.15) is 6.42 Å². The largest absolute Gasteiger partial charge is 0.611 e. The molecule has 0 bridgehead atoms. The molecule has 20 heavy (non-hydrogen) atoms. The van der Waals surface area contributed by atoms with Crippen molar-refractivity contribution < 1.29 is 35.3 Å². The van der Waals surface area contributed by atoms with Gasteiger partial charge >= 0.3 is 18.0 Å². The Balaban J connectivity index is 2.84. The third kappa shape index (κ3) is 3.57. The van der Waals surface area contributed by atoms with Gasteiger partial charge in [-0.2, -0.15) is 26.3 Å². The Hall–Kier alpha value is -0.960. The molecule has 1 aromatic rings. The van der Waals surface area contributed by atoms with Gasteiger partial charge in [0, 0.05) is 6.42 Å². The van der Waals surface area contributed by atoms with Crippen LogP contribution in [0, 0.1) is 0 Å². The summed E-state index contributed by atoms with van der Waals surface area (Å²) in [4.78, 5) is 0.0409. The highest BCUT2D eigenvalue weighted by molar-refractivity contribution is 7.91. The molecule has 1 rings (SSSR count). The Morgan fingerprint density at radius 2 is 1.30 bits per heavy atom. The Bertz CT molecular complexity index is 415. The highest BCUT2D eigenvalue weighted by Crippen LogP contribution is 2.48. The molecule has 0 radical (unpaired) electrons. The first-order valence-electron chi connectivity index (χ1n) is 5.25. The first kappa shape index (κ1) is 17.1. The van der Waals surface area contributed by atoms with E-state index < -0.39 is 41.4 Å². The first-order valence-corrected chi connectivity index (χ1v) is 6.57. The molecular formula is C11H9F7OS. The van der Waals surface area contributed by atoms with Gasteiger partial charge in [-0.15, -0.1) is 0 Å². The topological polar surface area (TPSA) is 23.1 Å². The van der Waals surface area contributed by atoms with Crippen LogP contribution in [-0.2, 0) is 11.2 Å². The van der Waals surface area contributed by atoms with Crippen molar-refractivity contribution in [2.45, 2.75) is 29.3 Å². The summed E-state index contributed by atoms with van der Waals surface area (Å²) >= 11 is -2.14. The molecule has 0 spiro atoms. The summed E-state index contributed by atoms with van der Waals surface area (Å²) in [6, 6.07) is 6.92. The molecule has 0 aromatic heterocycles. The zero-order valence-electron chi connectivity index (χ0n) is 9.76. The Kier molecular flexibility index (Phi) is 4.96. The lowest BCUT2D eigenvalue weighted by molar-refractivity contribution is -0.341. The van der Waals surface area contributed by atoms with Crippen LogP contribution in [0.25, 0.3) is 0 Å². The number of hydrogen-bond acceptors (Lipinski definition) is 1. The van der Waals surface area contributed by atoms with Crippen molar-refractivity contribution in [1.82, 2.24) is 0 Å². The summed E-state index contributed by atoms with van der Waals surface area (Å²) in [6.45, 7) is 0. The van der Waals surface area contributed by atoms with Crippen LogP contribution in [0.15, 0.2) is 35.2 Å². The second-order valence-corrected chi connectivity index (χ2v) is 5.48. The molecule has 0 saturated heterocycles. The highest BCUT2D eigenvalue weighted by Gasteiger charge is 2.72. The van der Waals surface area contributed by atoms with Gasteiger partial charge in [0.15, 0.2) is 4.90 Å². The maximum atomic E-state index is 13.3. The lowest BCUT2D eigenvalue weighted by Gasteiger charge is -2.29. The summed E-state index contributed by atoms with van der Waals surface area (Å²) in [5.41, 5.74) is -5.36. The maximum absolute atomic E-state index is 13.3. The summed E-state index contributed by atoms with van der Waals surface area (Å²) < 4.78 is 98.4. The molecule has 0 aliphatic heterocycles. The summed E-state index contributed by atoms with van der Waals surface area (Å²) in [7, 11) is 0. The second kappa shape index (κ2) is 5.80. The Labute approximate surface area is 113 Å². The minimum atomic E-state index is -6.11. The average Bonchev–Trinajstić information content (AvgIpc) is 2.33. The van der Waals surface area contributed by atoms with E-state index in [0.717, 1.165) is 0 Å². The van der Waals surface area contributed by atoms with Crippen molar-refractivity contribution in [3.05, 3.63) is 30.3 Å². The van der Waals surface area contributed by atoms with E-state index in [1.165, 1.54) is 30.3 Å². The fraction of sp³-hybridized carbons (Fsp3) is 0.455. The summed E-state index contributed by atoms with van der Waals surface area (Å²) in [5, 5.41) is 0. The zero-order chi connectivity index (χ0) is 15.6. The van der Waals surface area contributed by atoms with E-state index in [-0.39, 0.29) is 4.90 Å². The van der Waals surface area contributed by atoms with Crippen LogP contribution in [0.3, 0.4) is 0 Å². The predicted molar refractivity (Wildman–Crippen MR) is 58.3 cm³/mol. The van der Waals surface area contributed by atoms with Crippen LogP contribution in [0.2, 0.25) is 0 Å². The standard InChI is InChI=1S/C11H9F7OS/c12-9(10(13,14)15,11(16,17)18)6-7-20(19)8-4-2-1-3-5-8/h1-5H,6-7H2. The zero-order valence-corrected chi connectivity index (χ0v) is 10.6. The van der Waals surface area contributed by atoms with Gasteiger partial charge in [-0.3, -0.25) is 0 Å². The second-order valence-electron chi connectivity index (χ2n) is 3.91. The normalized spacial score (nSPS) is 15.2. The average molecular weight is 322 g/mol. The molecule has 114 valence electrons. The number of halogens is 7. The monoisotopic (exact) mass is 322 g/mol. The molecule has 1 nitrogen and oxygen atoms in total. The van der Waals surface area contributed by atoms with E-state index in [1.54, 1.807) is 0 Å². The van der Waals surface area contributed by atoms with Crippen molar-refractivity contribution in [2.24, 2.45) is 0 Å². The summed E-state index contributed by atoms with van der Waals surface area (Å²) in [5.74, 6) is -1.08. The number of rotatable bonds is 4. The molecule has 0 aliphatic carbocycles. The van der Waals surface area contributed by atoms with Crippen molar-refractivity contribution >= 4 is 11.2 Å². The van der Waals surface area contributed by atoms with Gasteiger partial charge in [-0.25, -0.2) is 4.39 Å². The van der Waals surface area contributed by atoms with Crippen LogP contribution >= 0.6 is 0 Å². The molecule has 0 heterocycles. The van der Waals surface area contributed by atoms with Gasteiger partial charge in [0.2, 0.25) is 0 Å². The molecule has 1 atom stereocenters. The lowest BCUT2D eigenvalue weighted by atomic mass is 10.0. The molecule has 0 aliphatic rings. The van der Waals surface area contributed by atoms with Crippen LogP contribution in [0.5, 0.6) is 0 Å². The summed E-state index contributed by atoms with van der Waals surface area (Å²) in [6.07, 6.45) is -14.2. The van der Waals surface area contributed by atoms with Gasteiger partial charge in [0.1, 0.15) is 5.75 Å².